The molecule has 1 unspecified atom stereocenters. The molecule has 0 bridgehead atoms. The van der Waals surface area contributed by atoms with Gasteiger partial charge in [-0.2, -0.15) is 0 Å². The first-order valence-electron chi connectivity index (χ1n) is 7.60. The van der Waals surface area contributed by atoms with Crippen LogP contribution in [0.3, 0.4) is 0 Å². The standard InChI is InChI=1S/C16H17Cl2N3O5S/c1-3-25-14(23)7-6-13(22)19-16(27)21-20-15(24)9(2)26-12-5-4-10(17)8-11(12)18/h4-9H,3H2,1-2H3,(H,20,24)(H2,19,21,22,27)/b7-6+. The molecule has 0 saturated heterocycles. The molecule has 0 heterocycles. The molecule has 1 atom stereocenters. The Morgan fingerprint density at radius 2 is 1.93 bits per heavy atom. The molecular weight excluding hydrogens is 417 g/mol. The number of amides is 2. The smallest absolute Gasteiger partial charge is 0.330 e. The molecule has 0 aromatic heterocycles. The normalized spacial score (nSPS) is 11.4. The summed E-state index contributed by atoms with van der Waals surface area (Å²) >= 11 is 16.6. The first kappa shape index (κ1) is 22.7. The van der Waals surface area contributed by atoms with Gasteiger partial charge in [-0.25, -0.2) is 4.79 Å². The molecule has 1 aromatic carbocycles. The van der Waals surface area contributed by atoms with Crippen LogP contribution in [0.15, 0.2) is 30.4 Å². The van der Waals surface area contributed by atoms with Crippen LogP contribution in [-0.2, 0) is 19.1 Å². The van der Waals surface area contributed by atoms with E-state index in [1.165, 1.54) is 19.1 Å². The Morgan fingerprint density at radius 1 is 1.22 bits per heavy atom. The number of hydrazine groups is 1. The lowest BCUT2D eigenvalue weighted by Crippen LogP contribution is -2.51. The highest BCUT2D eigenvalue weighted by Crippen LogP contribution is 2.28. The van der Waals surface area contributed by atoms with E-state index in [-0.39, 0.29) is 22.5 Å². The number of nitrogens with one attached hydrogen (secondary N) is 3. The molecule has 8 nitrogen and oxygen atoms in total. The first-order chi connectivity index (χ1) is 12.7. The van der Waals surface area contributed by atoms with Gasteiger partial charge in [-0.1, -0.05) is 23.2 Å². The van der Waals surface area contributed by atoms with Gasteiger partial charge in [-0.05, 0) is 44.3 Å². The largest absolute Gasteiger partial charge is 0.479 e. The second-order valence-corrected chi connectivity index (χ2v) is 6.10. The van der Waals surface area contributed by atoms with Crippen molar-refractivity contribution in [2.45, 2.75) is 20.0 Å². The second-order valence-electron chi connectivity index (χ2n) is 4.85. The number of rotatable bonds is 6. The molecule has 0 aliphatic heterocycles. The lowest BCUT2D eigenvalue weighted by molar-refractivity contribution is -0.137. The lowest BCUT2D eigenvalue weighted by atomic mass is 10.3. The van der Waals surface area contributed by atoms with Crippen LogP contribution in [0.4, 0.5) is 0 Å². The summed E-state index contributed by atoms with van der Waals surface area (Å²) in [5.41, 5.74) is 4.60. The van der Waals surface area contributed by atoms with Crippen molar-refractivity contribution in [1.82, 2.24) is 16.2 Å². The van der Waals surface area contributed by atoms with Gasteiger partial charge in [0.05, 0.1) is 11.6 Å². The van der Waals surface area contributed by atoms with E-state index in [0.29, 0.717) is 5.02 Å². The van der Waals surface area contributed by atoms with E-state index in [0.717, 1.165) is 12.2 Å². The van der Waals surface area contributed by atoms with Crippen LogP contribution < -0.4 is 20.9 Å². The summed E-state index contributed by atoms with van der Waals surface area (Å²) in [5.74, 6) is -1.62. The summed E-state index contributed by atoms with van der Waals surface area (Å²) in [6, 6.07) is 4.58. The number of ether oxygens (including phenoxy) is 2. The Hall–Kier alpha value is -2.36. The second kappa shape index (κ2) is 11.4. The van der Waals surface area contributed by atoms with E-state index in [2.05, 4.69) is 20.9 Å². The van der Waals surface area contributed by atoms with Crippen LogP contribution in [0.2, 0.25) is 10.0 Å². The molecule has 2 amide bonds. The molecule has 11 heteroatoms. The molecular formula is C16H17Cl2N3O5S. The lowest BCUT2D eigenvalue weighted by Gasteiger charge is -2.16. The fraction of sp³-hybridized carbons (Fsp3) is 0.250. The van der Waals surface area contributed by atoms with Crippen LogP contribution in [-0.4, -0.2) is 35.6 Å². The van der Waals surface area contributed by atoms with Gasteiger partial charge in [-0.3, -0.25) is 25.8 Å². The highest BCUT2D eigenvalue weighted by atomic mass is 35.5. The van der Waals surface area contributed by atoms with Crippen LogP contribution in [0.5, 0.6) is 5.75 Å². The van der Waals surface area contributed by atoms with E-state index in [1.807, 2.05) is 0 Å². The zero-order valence-corrected chi connectivity index (χ0v) is 16.7. The van der Waals surface area contributed by atoms with E-state index in [9.17, 15) is 14.4 Å². The fourth-order valence-electron chi connectivity index (χ4n) is 1.55. The maximum Gasteiger partial charge on any atom is 0.330 e. The van der Waals surface area contributed by atoms with E-state index < -0.39 is 23.9 Å². The van der Waals surface area contributed by atoms with Crippen LogP contribution in [0.1, 0.15) is 13.8 Å². The quantitative estimate of drug-likeness (QED) is 0.272. The van der Waals surface area contributed by atoms with E-state index in [1.54, 1.807) is 13.0 Å². The van der Waals surface area contributed by atoms with Crippen molar-refractivity contribution in [3.05, 3.63) is 40.4 Å². The van der Waals surface area contributed by atoms with Gasteiger partial charge in [0.25, 0.3) is 5.91 Å². The number of halogens is 2. The van der Waals surface area contributed by atoms with Crippen molar-refractivity contribution in [2.75, 3.05) is 6.61 Å². The SMILES string of the molecule is CCOC(=O)/C=C/C(=O)NC(=S)NNC(=O)C(C)Oc1ccc(Cl)cc1Cl. The first-order valence-corrected chi connectivity index (χ1v) is 8.76. The molecule has 0 radical (unpaired) electrons. The average Bonchev–Trinajstić information content (AvgIpc) is 2.60. The van der Waals surface area contributed by atoms with Crippen molar-refractivity contribution in [2.24, 2.45) is 0 Å². The summed E-state index contributed by atoms with van der Waals surface area (Å²) in [4.78, 5) is 34.6. The van der Waals surface area contributed by atoms with Crippen molar-refractivity contribution < 1.29 is 23.9 Å². The molecule has 146 valence electrons. The van der Waals surface area contributed by atoms with Gasteiger partial charge in [0.1, 0.15) is 5.75 Å². The minimum Gasteiger partial charge on any atom is -0.479 e. The molecule has 3 N–H and O–H groups in total. The molecule has 0 saturated carbocycles. The van der Waals surface area contributed by atoms with E-state index >= 15 is 0 Å². The summed E-state index contributed by atoms with van der Waals surface area (Å²) < 4.78 is 10.1. The minimum atomic E-state index is -0.918. The molecule has 0 fully saturated rings. The Labute approximate surface area is 171 Å². The predicted molar refractivity (Wildman–Crippen MR) is 104 cm³/mol. The van der Waals surface area contributed by atoms with Gasteiger partial charge in [0.15, 0.2) is 11.2 Å². The third kappa shape index (κ3) is 8.72. The van der Waals surface area contributed by atoms with Crippen molar-refractivity contribution in [3.8, 4) is 5.75 Å². The predicted octanol–water partition coefficient (Wildman–Crippen LogP) is 1.90. The zero-order chi connectivity index (χ0) is 20.4. The maximum absolute atomic E-state index is 12.0. The minimum absolute atomic E-state index is 0.182. The highest BCUT2D eigenvalue weighted by Gasteiger charge is 2.16. The molecule has 1 aromatic rings. The Bertz CT molecular complexity index is 758. The third-order valence-electron chi connectivity index (χ3n) is 2.76. The van der Waals surface area contributed by atoms with Crippen LogP contribution in [0, 0.1) is 0 Å². The van der Waals surface area contributed by atoms with Crippen molar-refractivity contribution in [3.63, 3.8) is 0 Å². The molecule has 0 aliphatic carbocycles. The summed E-state index contributed by atoms with van der Waals surface area (Å²) in [7, 11) is 0. The summed E-state index contributed by atoms with van der Waals surface area (Å²) in [6.45, 7) is 3.32. The number of carbonyl (C=O) groups is 3. The number of hydrogen-bond donors (Lipinski definition) is 3. The number of benzene rings is 1. The van der Waals surface area contributed by atoms with Gasteiger partial charge in [0.2, 0.25) is 5.91 Å². The zero-order valence-electron chi connectivity index (χ0n) is 14.4. The number of carbonyl (C=O) groups excluding carboxylic acids is 3. The topological polar surface area (TPSA) is 106 Å². The van der Waals surface area contributed by atoms with Gasteiger partial charge in [-0.15, -0.1) is 0 Å². The highest BCUT2D eigenvalue weighted by molar-refractivity contribution is 7.80. The van der Waals surface area contributed by atoms with Gasteiger partial charge >= 0.3 is 5.97 Å². The summed E-state index contributed by atoms with van der Waals surface area (Å²) in [5, 5.41) is 2.74. The monoisotopic (exact) mass is 433 g/mol. The van der Waals surface area contributed by atoms with Crippen LogP contribution >= 0.6 is 35.4 Å². The van der Waals surface area contributed by atoms with Gasteiger partial charge < -0.3 is 9.47 Å². The Morgan fingerprint density at radius 3 is 2.56 bits per heavy atom. The Kier molecular flexibility index (Phi) is 9.55. The number of thiocarbonyl (C=S) groups is 1. The van der Waals surface area contributed by atoms with Crippen molar-refractivity contribution in [1.29, 1.82) is 0 Å². The van der Waals surface area contributed by atoms with Gasteiger partial charge in [0, 0.05) is 17.2 Å². The van der Waals surface area contributed by atoms with E-state index in [4.69, 9.17) is 40.2 Å². The molecule has 27 heavy (non-hydrogen) atoms. The number of hydrogen-bond acceptors (Lipinski definition) is 6. The fourth-order valence-corrected chi connectivity index (χ4v) is 2.16. The maximum atomic E-state index is 12.0. The molecule has 0 spiro atoms. The number of esters is 1. The van der Waals surface area contributed by atoms with Crippen LogP contribution in [0.25, 0.3) is 0 Å². The van der Waals surface area contributed by atoms with Crippen molar-refractivity contribution >= 4 is 58.3 Å². The molecule has 1 rings (SSSR count). The third-order valence-corrected chi connectivity index (χ3v) is 3.49. The molecule has 0 aliphatic rings. The summed E-state index contributed by atoms with van der Waals surface area (Å²) in [6.07, 6.45) is 0.979. The Balaban J connectivity index is 2.42. The average molecular weight is 434 g/mol.